The van der Waals surface area contributed by atoms with E-state index in [-0.39, 0.29) is 41.5 Å². The molecule has 256 valence electrons. The van der Waals surface area contributed by atoms with Crippen LogP contribution in [0.25, 0.3) is 6.08 Å². The van der Waals surface area contributed by atoms with Gasteiger partial charge in [0.15, 0.2) is 23.0 Å². The molecular weight excluding hydrogens is 644 g/mol. The molecule has 0 radical (unpaired) electrons. The molecule has 0 saturated carbocycles. The highest BCUT2D eigenvalue weighted by molar-refractivity contribution is 8.13. The van der Waals surface area contributed by atoms with Crippen LogP contribution in [-0.4, -0.2) is 82.5 Å². The van der Waals surface area contributed by atoms with Crippen molar-refractivity contribution >= 4 is 35.2 Å². The molecule has 3 aliphatic heterocycles. The first-order valence-corrected chi connectivity index (χ1v) is 16.8. The molecule has 1 saturated heterocycles. The molecular formula is C36H40N6O6S. The monoisotopic (exact) mass is 684 g/mol. The van der Waals surface area contributed by atoms with Crippen molar-refractivity contribution in [3.63, 3.8) is 0 Å². The van der Waals surface area contributed by atoms with Crippen LogP contribution in [0.4, 0.5) is 5.69 Å². The second-order valence-electron chi connectivity index (χ2n) is 12.5. The van der Waals surface area contributed by atoms with Crippen LogP contribution >= 0.6 is 11.9 Å². The molecule has 5 N–H and O–H groups in total. The lowest BCUT2D eigenvalue weighted by Gasteiger charge is -2.57. The fourth-order valence-electron chi connectivity index (χ4n) is 7.44. The number of hydrogen-bond acceptors (Lipinski definition) is 12. The standard InChI is InChI=1S/C36H40N6O6S/c1-18-12-21-13-24-26(15-37)42-25(30(41(24)4)28(21)32(44)34(18)47-5)14-23-29(33(45)35(48-6)19(2)31(23)43)27(42)16-38-36(46)20(3)39-17-49-40-22-10-8-7-9-11-22/h7-12,14,17,20,24,26-27,30,40,43-45H,13,16H2,1-6H3,(H,38,46)/t20?,24-,26+,27+,30+/m1/s1. The molecule has 2 bridgehead atoms. The first-order chi connectivity index (χ1) is 23.5. The lowest BCUT2D eigenvalue weighted by molar-refractivity contribution is -0.122. The first kappa shape index (κ1) is 33.8. The first-order valence-electron chi connectivity index (χ1n) is 15.9. The minimum atomic E-state index is -0.788. The summed E-state index contributed by atoms with van der Waals surface area (Å²) in [6.45, 7) is 5.18. The minimum Gasteiger partial charge on any atom is -0.507 e. The van der Waals surface area contributed by atoms with Crippen molar-refractivity contribution in [1.29, 1.82) is 5.26 Å². The number of phenolic OH excluding ortho intramolecular Hbond substituents is 3. The van der Waals surface area contributed by atoms with Gasteiger partial charge in [0.05, 0.1) is 37.9 Å². The summed E-state index contributed by atoms with van der Waals surface area (Å²) >= 11 is 1.24. The Bertz CT molecular complexity index is 1890. The summed E-state index contributed by atoms with van der Waals surface area (Å²) in [6.07, 6.45) is 2.24. The maximum atomic E-state index is 13.4. The van der Waals surface area contributed by atoms with E-state index in [4.69, 9.17) is 9.47 Å². The van der Waals surface area contributed by atoms with E-state index in [9.17, 15) is 25.4 Å². The molecule has 3 aromatic rings. The maximum Gasteiger partial charge on any atom is 0.244 e. The molecule has 6 rings (SSSR count). The van der Waals surface area contributed by atoms with Crippen molar-refractivity contribution in [2.75, 3.05) is 32.5 Å². The number of aromatic hydroxyl groups is 3. The van der Waals surface area contributed by atoms with E-state index in [0.29, 0.717) is 40.1 Å². The summed E-state index contributed by atoms with van der Waals surface area (Å²) in [5, 5.41) is 48.5. The number of fused-ring (bicyclic) bond motifs is 7. The van der Waals surface area contributed by atoms with Gasteiger partial charge < -0.3 is 39.7 Å². The van der Waals surface area contributed by atoms with Crippen molar-refractivity contribution in [3.8, 4) is 34.8 Å². The molecule has 3 heterocycles. The van der Waals surface area contributed by atoms with Gasteiger partial charge in [-0.2, -0.15) is 5.26 Å². The number of amides is 1. The predicted molar refractivity (Wildman–Crippen MR) is 189 cm³/mol. The third kappa shape index (κ3) is 5.64. The van der Waals surface area contributed by atoms with Crippen LogP contribution in [0, 0.1) is 25.2 Å². The van der Waals surface area contributed by atoms with Crippen LogP contribution in [0.3, 0.4) is 0 Å². The predicted octanol–water partition coefficient (Wildman–Crippen LogP) is 4.93. The highest BCUT2D eigenvalue weighted by Crippen LogP contribution is 2.58. The summed E-state index contributed by atoms with van der Waals surface area (Å²) in [6, 6.07) is 11.0. The number of ether oxygens (including phenoxy) is 2. The average molecular weight is 685 g/mol. The number of anilines is 1. The Morgan fingerprint density at radius 3 is 2.49 bits per heavy atom. The van der Waals surface area contributed by atoms with Gasteiger partial charge in [0, 0.05) is 46.2 Å². The van der Waals surface area contributed by atoms with Crippen LogP contribution in [0.15, 0.2) is 47.1 Å². The Balaban J connectivity index is 1.40. The number of phenols is 3. The number of para-hydroxylation sites is 1. The van der Waals surface area contributed by atoms with Crippen molar-refractivity contribution in [2.45, 2.75) is 57.4 Å². The fraction of sp³-hybridized carbons (Fsp3) is 0.361. The van der Waals surface area contributed by atoms with Gasteiger partial charge in [-0.1, -0.05) is 24.3 Å². The van der Waals surface area contributed by atoms with E-state index in [1.165, 1.54) is 26.2 Å². The number of aryl methyl sites for hydroxylation is 1. The van der Waals surface area contributed by atoms with E-state index in [1.54, 1.807) is 25.5 Å². The van der Waals surface area contributed by atoms with Crippen LogP contribution in [0.5, 0.6) is 28.7 Å². The molecule has 0 aliphatic carbocycles. The summed E-state index contributed by atoms with van der Waals surface area (Å²) < 4.78 is 14.2. The number of methoxy groups -OCH3 is 2. The van der Waals surface area contributed by atoms with Crippen molar-refractivity contribution in [3.05, 3.63) is 75.5 Å². The second-order valence-corrected chi connectivity index (χ2v) is 13.1. The van der Waals surface area contributed by atoms with E-state index < -0.39 is 24.2 Å². The normalized spacial score (nSPS) is 21.5. The van der Waals surface area contributed by atoms with Crippen molar-refractivity contribution in [1.82, 2.24) is 15.1 Å². The lowest BCUT2D eigenvalue weighted by Crippen LogP contribution is -2.62. The zero-order chi connectivity index (χ0) is 35.1. The Hall–Kier alpha value is -5.06. The van der Waals surface area contributed by atoms with E-state index in [2.05, 4.69) is 26.0 Å². The van der Waals surface area contributed by atoms with Gasteiger partial charge in [0.2, 0.25) is 5.91 Å². The molecule has 1 fully saturated rings. The molecule has 3 aromatic carbocycles. The SMILES string of the molecule is COc1c(C)cc2c(c1O)[C@@H]1C3=Cc4c(O)c(C)c(OC)c(O)c4[C@H](CNC(=O)C(C)N=CSNc4ccccc4)N3[C@@H](C#N)[C@@H](C2)N1C. The number of carbonyl (C=O) groups is 1. The Morgan fingerprint density at radius 2 is 1.82 bits per heavy atom. The largest absolute Gasteiger partial charge is 0.507 e. The number of rotatable bonds is 9. The maximum absolute atomic E-state index is 13.4. The Morgan fingerprint density at radius 1 is 1.12 bits per heavy atom. The quantitative estimate of drug-likeness (QED) is 0.0899. The van der Waals surface area contributed by atoms with E-state index >= 15 is 0 Å². The van der Waals surface area contributed by atoms with Crippen LogP contribution in [0.1, 0.15) is 52.4 Å². The third-order valence-corrected chi connectivity index (χ3v) is 10.4. The minimum absolute atomic E-state index is 0.0176. The van der Waals surface area contributed by atoms with E-state index in [0.717, 1.165) is 16.8 Å². The van der Waals surface area contributed by atoms with Crippen LogP contribution < -0.4 is 19.5 Å². The lowest BCUT2D eigenvalue weighted by atomic mass is 9.75. The number of carbonyl (C=O) groups excluding carboxylic acids is 1. The molecule has 0 spiro atoms. The smallest absolute Gasteiger partial charge is 0.244 e. The highest BCUT2D eigenvalue weighted by Gasteiger charge is 2.53. The second kappa shape index (κ2) is 13.4. The van der Waals surface area contributed by atoms with Gasteiger partial charge >= 0.3 is 0 Å². The van der Waals surface area contributed by atoms with Crippen molar-refractivity contribution < 1.29 is 29.6 Å². The van der Waals surface area contributed by atoms with E-state index in [1.807, 2.05) is 55.3 Å². The topological polar surface area (TPSA) is 163 Å². The Kier molecular flexibility index (Phi) is 9.28. The van der Waals surface area contributed by atoms with Crippen LogP contribution in [0.2, 0.25) is 0 Å². The molecule has 49 heavy (non-hydrogen) atoms. The fourth-order valence-corrected chi connectivity index (χ4v) is 8.00. The molecule has 3 aliphatic rings. The number of hydrogen-bond donors (Lipinski definition) is 5. The molecule has 13 heteroatoms. The zero-order valence-corrected chi connectivity index (χ0v) is 29.0. The average Bonchev–Trinajstić information content (AvgIpc) is 3.09. The van der Waals surface area contributed by atoms with Gasteiger partial charge in [-0.05, 0) is 75.5 Å². The number of likely N-dealkylation sites (N-methyl/N-ethyl adjacent to an activating group) is 1. The Labute approximate surface area is 289 Å². The number of nitriles is 1. The number of piperazine rings is 1. The molecule has 12 nitrogen and oxygen atoms in total. The number of nitrogens with zero attached hydrogens (tertiary/aromatic N) is 4. The summed E-state index contributed by atoms with van der Waals surface area (Å²) in [7, 11) is 4.84. The van der Waals surface area contributed by atoms with Crippen LogP contribution in [-0.2, 0) is 11.2 Å². The number of benzene rings is 3. The third-order valence-electron chi connectivity index (χ3n) is 9.79. The van der Waals surface area contributed by atoms with Gasteiger partial charge in [0.25, 0.3) is 0 Å². The van der Waals surface area contributed by atoms with Gasteiger partial charge in [-0.15, -0.1) is 0 Å². The summed E-state index contributed by atoms with van der Waals surface area (Å²) in [4.78, 5) is 21.8. The zero-order valence-electron chi connectivity index (χ0n) is 28.2. The highest BCUT2D eigenvalue weighted by atomic mass is 32.2. The van der Waals surface area contributed by atoms with Gasteiger partial charge in [0.1, 0.15) is 17.8 Å². The number of aliphatic imine (C=N–C) groups is 1. The van der Waals surface area contributed by atoms with Crippen molar-refractivity contribution in [2.24, 2.45) is 4.99 Å². The molecule has 0 aromatic heterocycles. The summed E-state index contributed by atoms with van der Waals surface area (Å²) in [5.41, 5.74) is 6.47. The van der Waals surface area contributed by atoms with Gasteiger partial charge in [-0.3, -0.25) is 14.7 Å². The molecule has 1 unspecified atom stereocenters. The molecule has 5 atom stereocenters. The van der Waals surface area contributed by atoms with Gasteiger partial charge in [-0.25, -0.2) is 0 Å². The summed E-state index contributed by atoms with van der Waals surface area (Å²) in [5.74, 6) is -0.136. The molecule has 1 amide bonds. The number of nitrogens with one attached hydrogen (secondary N) is 2.